The molecule has 0 spiro atoms. The summed E-state index contributed by atoms with van der Waals surface area (Å²) in [5.41, 5.74) is 0.807. The topological polar surface area (TPSA) is 119 Å². The quantitative estimate of drug-likeness (QED) is 0.472. The average Bonchev–Trinajstić information content (AvgIpc) is 2.68. The summed E-state index contributed by atoms with van der Waals surface area (Å²) >= 11 is 0. The Bertz CT molecular complexity index is 936. The fraction of sp³-hybridized carbons (Fsp3) is 0.409. The Kier molecular flexibility index (Phi) is 8.85. The molecule has 0 aromatic heterocycles. The molecule has 0 aliphatic rings. The van der Waals surface area contributed by atoms with Crippen LogP contribution in [0.15, 0.2) is 53.4 Å². The SMILES string of the molecule is CC(C)OC(Cc1ccc(OCCC(O)Oc2ccc(S(C)(=O)=O)cc2)cc1)C(=O)O. The molecule has 2 aromatic rings. The van der Waals surface area contributed by atoms with E-state index in [9.17, 15) is 23.4 Å². The zero-order chi connectivity index (χ0) is 23.0. The third-order valence-corrected chi connectivity index (χ3v) is 5.34. The molecule has 2 N–H and O–H groups in total. The third kappa shape index (κ3) is 8.56. The number of ether oxygens (including phenoxy) is 3. The van der Waals surface area contributed by atoms with Gasteiger partial charge in [0.2, 0.25) is 6.29 Å². The van der Waals surface area contributed by atoms with Crippen molar-refractivity contribution in [2.45, 2.75) is 50.1 Å². The lowest BCUT2D eigenvalue weighted by Crippen LogP contribution is -2.29. The standard InChI is InChI=1S/C22H28O8S/c1-15(2)29-20(22(24)25)14-16-4-6-17(7-5-16)28-13-12-21(23)30-18-8-10-19(11-9-18)31(3,26)27/h4-11,15,20-21,23H,12-14H2,1-3H3,(H,24,25). The number of aliphatic carboxylic acids is 1. The highest BCUT2D eigenvalue weighted by Gasteiger charge is 2.20. The van der Waals surface area contributed by atoms with E-state index in [2.05, 4.69) is 0 Å². The molecule has 9 heteroatoms. The molecule has 0 aliphatic heterocycles. The van der Waals surface area contributed by atoms with E-state index in [0.29, 0.717) is 11.5 Å². The summed E-state index contributed by atoms with van der Waals surface area (Å²) in [4.78, 5) is 11.5. The van der Waals surface area contributed by atoms with Crippen molar-refractivity contribution in [3.05, 3.63) is 54.1 Å². The van der Waals surface area contributed by atoms with Crippen LogP contribution in [0.3, 0.4) is 0 Å². The number of carbonyl (C=O) groups is 1. The first-order valence-corrected chi connectivity index (χ1v) is 11.7. The molecule has 0 heterocycles. The van der Waals surface area contributed by atoms with Crippen molar-refractivity contribution in [2.75, 3.05) is 12.9 Å². The molecule has 2 atom stereocenters. The molecule has 0 radical (unpaired) electrons. The van der Waals surface area contributed by atoms with Gasteiger partial charge in [-0.2, -0.15) is 0 Å². The maximum Gasteiger partial charge on any atom is 0.333 e. The minimum atomic E-state index is -3.29. The third-order valence-electron chi connectivity index (χ3n) is 4.21. The molecule has 0 saturated heterocycles. The van der Waals surface area contributed by atoms with Crippen LogP contribution in [0.4, 0.5) is 0 Å². The summed E-state index contributed by atoms with van der Waals surface area (Å²) in [5.74, 6) is -0.0834. The first-order valence-electron chi connectivity index (χ1n) is 9.79. The number of benzene rings is 2. The number of sulfone groups is 1. The van der Waals surface area contributed by atoms with Gasteiger partial charge in [0.15, 0.2) is 15.9 Å². The van der Waals surface area contributed by atoms with E-state index in [1.807, 2.05) is 0 Å². The molecule has 0 amide bonds. The number of rotatable bonds is 12. The van der Waals surface area contributed by atoms with Gasteiger partial charge >= 0.3 is 5.97 Å². The largest absolute Gasteiger partial charge is 0.493 e. The smallest absolute Gasteiger partial charge is 0.333 e. The summed E-state index contributed by atoms with van der Waals surface area (Å²) in [6.45, 7) is 3.77. The second-order valence-corrected chi connectivity index (χ2v) is 9.33. The molecule has 0 aliphatic carbocycles. The van der Waals surface area contributed by atoms with E-state index in [1.165, 1.54) is 24.3 Å². The first kappa shape index (κ1) is 24.6. The van der Waals surface area contributed by atoms with Gasteiger partial charge in [0.05, 0.1) is 17.6 Å². The van der Waals surface area contributed by atoms with Crippen molar-refractivity contribution >= 4 is 15.8 Å². The first-order chi connectivity index (χ1) is 14.5. The van der Waals surface area contributed by atoms with Crippen LogP contribution in [0.2, 0.25) is 0 Å². The van der Waals surface area contributed by atoms with Gasteiger partial charge in [-0.3, -0.25) is 0 Å². The highest BCUT2D eigenvalue weighted by atomic mass is 32.2. The monoisotopic (exact) mass is 452 g/mol. The van der Waals surface area contributed by atoms with Crippen LogP contribution >= 0.6 is 0 Å². The molecular formula is C22H28O8S. The van der Waals surface area contributed by atoms with Gasteiger partial charge in [-0.15, -0.1) is 0 Å². The number of hydrogen-bond donors (Lipinski definition) is 2. The van der Waals surface area contributed by atoms with Gasteiger partial charge in [-0.05, 0) is 55.8 Å². The molecular weight excluding hydrogens is 424 g/mol. The molecule has 0 saturated carbocycles. The Morgan fingerprint density at radius 2 is 1.58 bits per heavy atom. The lowest BCUT2D eigenvalue weighted by Gasteiger charge is -2.17. The van der Waals surface area contributed by atoms with Crippen LogP contribution in [0.5, 0.6) is 11.5 Å². The Labute approximate surface area is 182 Å². The lowest BCUT2D eigenvalue weighted by atomic mass is 10.1. The van der Waals surface area contributed by atoms with Crippen molar-refractivity contribution in [1.82, 2.24) is 0 Å². The van der Waals surface area contributed by atoms with Crippen LogP contribution < -0.4 is 9.47 Å². The Morgan fingerprint density at radius 3 is 2.10 bits per heavy atom. The number of aliphatic hydroxyl groups excluding tert-OH is 1. The van der Waals surface area contributed by atoms with Gasteiger partial charge in [0.1, 0.15) is 11.5 Å². The predicted octanol–water partition coefficient (Wildman–Crippen LogP) is 2.68. The zero-order valence-electron chi connectivity index (χ0n) is 17.7. The molecule has 8 nitrogen and oxygen atoms in total. The van der Waals surface area contributed by atoms with Gasteiger partial charge in [0, 0.05) is 19.1 Å². The summed E-state index contributed by atoms with van der Waals surface area (Å²) in [6.07, 6.45) is -0.656. The van der Waals surface area contributed by atoms with Gasteiger partial charge in [-0.25, -0.2) is 13.2 Å². The Hall–Kier alpha value is -2.62. The van der Waals surface area contributed by atoms with Gasteiger partial charge in [-0.1, -0.05) is 12.1 Å². The number of carboxylic acid groups (broad SMARTS) is 1. The fourth-order valence-electron chi connectivity index (χ4n) is 2.72. The number of aliphatic hydroxyl groups is 1. The summed E-state index contributed by atoms with van der Waals surface area (Å²) in [7, 11) is -3.29. The van der Waals surface area contributed by atoms with Crippen molar-refractivity contribution < 1.29 is 37.6 Å². The van der Waals surface area contributed by atoms with Crippen molar-refractivity contribution in [2.24, 2.45) is 0 Å². The minimum absolute atomic E-state index is 0.173. The zero-order valence-corrected chi connectivity index (χ0v) is 18.5. The maximum absolute atomic E-state index is 11.4. The van der Waals surface area contributed by atoms with E-state index in [0.717, 1.165) is 11.8 Å². The number of hydrogen-bond acceptors (Lipinski definition) is 7. The van der Waals surface area contributed by atoms with E-state index in [4.69, 9.17) is 14.2 Å². The van der Waals surface area contributed by atoms with Crippen LogP contribution in [0.1, 0.15) is 25.8 Å². The Balaban J connectivity index is 1.79. The molecule has 31 heavy (non-hydrogen) atoms. The number of carboxylic acids is 1. The molecule has 2 aromatic carbocycles. The van der Waals surface area contributed by atoms with Crippen molar-refractivity contribution in [3.8, 4) is 11.5 Å². The summed E-state index contributed by atoms with van der Waals surface area (Å²) in [6, 6.07) is 12.8. The van der Waals surface area contributed by atoms with E-state index >= 15 is 0 Å². The second-order valence-electron chi connectivity index (χ2n) is 7.31. The molecule has 2 unspecified atom stereocenters. The lowest BCUT2D eigenvalue weighted by molar-refractivity contribution is -0.153. The molecule has 2 rings (SSSR count). The van der Waals surface area contributed by atoms with E-state index in [-0.39, 0.29) is 30.4 Å². The second kappa shape index (κ2) is 11.1. The van der Waals surface area contributed by atoms with Gasteiger partial charge < -0.3 is 24.4 Å². The van der Waals surface area contributed by atoms with E-state index < -0.39 is 28.2 Å². The molecule has 170 valence electrons. The van der Waals surface area contributed by atoms with Crippen LogP contribution in [0.25, 0.3) is 0 Å². The normalized spacial score (nSPS) is 13.6. The highest BCUT2D eigenvalue weighted by molar-refractivity contribution is 7.90. The van der Waals surface area contributed by atoms with Crippen LogP contribution in [-0.4, -0.2) is 56.0 Å². The maximum atomic E-state index is 11.4. The molecule has 0 fully saturated rings. The summed E-state index contributed by atoms with van der Waals surface area (Å²) < 4.78 is 39.2. The summed E-state index contributed by atoms with van der Waals surface area (Å²) in [5, 5.41) is 19.2. The van der Waals surface area contributed by atoms with Crippen molar-refractivity contribution in [1.29, 1.82) is 0 Å². The highest BCUT2D eigenvalue weighted by Crippen LogP contribution is 2.18. The minimum Gasteiger partial charge on any atom is -0.493 e. The van der Waals surface area contributed by atoms with Crippen molar-refractivity contribution in [3.63, 3.8) is 0 Å². The van der Waals surface area contributed by atoms with Crippen LogP contribution in [0, 0.1) is 0 Å². The van der Waals surface area contributed by atoms with Gasteiger partial charge in [0.25, 0.3) is 0 Å². The Morgan fingerprint density at radius 1 is 1.00 bits per heavy atom. The predicted molar refractivity (Wildman–Crippen MR) is 114 cm³/mol. The average molecular weight is 453 g/mol. The molecule has 0 bridgehead atoms. The van der Waals surface area contributed by atoms with Crippen LogP contribution in [-0.2, 0) is 25.8 Å². The van der Waals surface area contributed by atoms with E-state index in [1.54, 1.807) is 38.1 Å². The fourth-order valence-corrected chi connectivity index (χ4v) is 3.35.